The van der Waals surface area contributed by atoms with Crippen LogP contribution in [0.2, 0.25) is 0 Å². The Morgan fingerprint density at radius 2 is 1.90 bits per heavy atom. The molecule has 0 saturated carbocycles. The lowest BCUT2D eigenvalue weighted by Crippen LogP contribution is -2.32. The van der Waals surface area contributed by atoms with E-state index >= 15 is 0 Å². The lowest BCUT2D eigenvalue weighted by molar-refractivity contribution is 0.0967. The molecule has 1 aliphatic rings. The minimum absolute atomic E-state index is 0.00158. The third-order valence-electron chi connectivity index (χ3n) is 6.25. The van der Waals surface area contributed by atoms with Gasteiger partial charge in [0.2, 0.25) is 0 Å². The van der Waals surface area contributed by atoms with Crippen LogP contribution < -0.4 is 24.3 Å². The summed E-state index contributed by atoms with van der Waals surface area (Å²) in [6.45, 7) is 4.07. The number of unbranched alkanes of at least 4 members (excludes halogenated alkanes) is 1. The smallest absolute Gasteiger partial charge is 0.280 e. The Kier molecular flexibility index (Phi) is 10.6. The molecule has 0 spiro atoms. The molecule has 4 rings (SSSR count). The lowest BCUT2D eigenvalue weighted by atomic mass is 10.1. The highest BCUT2D eigenvalue weighted by molar-refractivity contribution is 6.19. The second-order valence-corrected chi connectivity index (χ2v) is 9.37. The maximum atomic E-state index is 14.8. The fraction of sp³-hybridized carbons (Fsp3) is 0.333. The molecular formula is C30H33ClFN5O5. The number of ether oxygens (including phenoxy) is 4. The number of carbonyl (C=O) groups is 1. The van der Waals surface area contributed by atoms with Gasteiger partial charge >= 0.3 is 0 Å². The largest absolute Gasteiger partial charge is 0.493 e. The zero-order valence-electron chi connectivity index (χ0n) is 23.9. The molecule has 1 aliphatic heterocycles. The van der Waals surface area contributed by atoms with Crippen molar-refractivity contribution in [2.45, 2.75) is 39.5 Å². The number of hydrogen-bond donors (Lipinski definition) is 1. The van der Waals surface area contributed by atoms with E-state index in [1.165, 1.54) is 17.0 Å². The number of halogens is 2. The van der Waals surface area contributed by atoms with Crippen LogP contribution in [0.15, 0.2) is 65.5 Å². The molecule has 12 heteroatoms. The van der Waals surface area contributed by atoms with Gasteiger partial charge in [-0.25, -0.2) is 14.1 Å². The molecule has 0 aliphatic carbocycles. The zero-order chi connectivity index (χ0) is 30.1. The first-order chi connectivity index (χ1) is 20.4. The van der Waals surface area contributed by atoms with Crippen molar-refractivity contribution >= 4 is 39.9 Å². The fourth-order valence-electron chi connectivity index (χ4n) is 4.21. The van der Waals surface area contributed by atoms with Gasteiger partial charge < -0.3 is 24.3 Å². The summed E-state index contributed by atoms with van der Waals surface area (Å²) in [7, 11) is 3.13. The summed E-state index contributed by atoms with van der Waals surface area (Å²) in [6, 6.07) is 5.35. The van der Waals surface area contributed by atoms with E-state index in [0.717, 1.165) is 11.8 Å². The van der Waals surface area contributed by atoms with Gasteiger partial charge in [0.15, 0.2) is 22.9 Å². The van der Waals surface area contributed by atoms with E-state index in [9.17, 15) is 9.18 Å². The number of methoxy groups -OCH3 is 2. The number of rotatable bonds is 12. The number of benzene rings is 1. The van der Waals surface area contributed by atoms with Crippen molar-refractivity contribution in [1.82, 2.24) is 20.1 Å². The number of fused-ring (bicyclic) bond motifs is 1. The normalized spacial score (nSPS) is 13.9. The number of aromatic nitrogens is 3. The third kappa shape index (κ3) is 7.09. The van der Waals surface area contributed by atoms with E-state index in [1.807, 2.05) is 13.0 Å². The molecule has 0 fully saturated rings. The summed E-state index contributed by atoms with van der Waals surface area (Å²) in [5.74, 6) is 1.93. The Balaban J connectivity index is 1.53. The van der Waals surface area contributed by atoms with E-state index in [-0.39, 0.29) is 23.0 Å². The van der Waals surface area contributed by atoms with Crippen LogP contribution in [0.25, 0.3) is 16.6 Å². The Labute approximate surface area is 248 Å². The highest BCUT2D eigenvalue weighted by Crippen LogP contribution is 2.36. The van der Waals surface area contributed by atoms with Crippen molar-refractivity contribution in [2.75, 3.05) is 26.7 Å². The van der Waals surface area contributed by atoms with E-state index in [2.05, 4.69) is 20.4 Å². The minimum atomic E-state index is -0.537. The van der Waals surface area contributed by atoms with Gasteiger partial charge in [-0.05, 0) is 31.6 Å². The molecule has 1 amide bonds. The van der Waals surface area contributed by atoms with E-state index < -0.39 is 11.7 Å². The summed E-state index contributed by atoms with van der Waals surface area (Å²) >= 11 is 5.71. The van der Waals surface area contributed by atoms with Crippen molar-refractivity contribution in [1.29, 1.82) is 0 Å². The number of amides is 1. The fourth-order valence-corrected chi connectivity index (χ4v) is 4.35. The predicted molar refractivity (Wildman–Crippen MR) is 160 cm³/mol. The maximum absolute atomic E-state index is 14.8. The summed E-state index contributed by atoms with van der Waals surface area (Å²) in [4.78, 5) is 22.0. The Hall–Kier alpha value is -4.38. The van der Waals surface area contributed by atoms with Gasteiger partial charge in [-0.15, -0.1) is 11.6 Å². The number of hydrogen-bond acceptors (Lipinski definition) is 8. The van der Waals surface area contributed by atoms with Crippen LogP contribution in [0.3, 0.4) is 0 Å². The molecular weight excluding hydrogens is 565 g/mol. The van der Waals surface area contributed by atoms with Crippen LogP contribution in [-0.4, -0.2) is 53.2 Å². The molecule has 0 unspecified atom stereocenters. The quantitative estimate of drug-likeness (QED) is 0.189. The third-order valence-corrected chi connectivity index (χ3v) is 6.40. The van der Waals surface area contributed by atoms with Gasteiger partial charge in [-0.3, -0.25) is 9.78 Å². The van der Waals surface area contributed by atoms with E-state index in [1.54, 1.807) is 51.7 Å². The number of carbonyl (C=O) groups excluding carboxylic acids is 1. The maximum Gasteiger partial charge on any atom is 0.280 e. The van der Waals surface area contributed by atoms with Crippen LogP contribution in [0, 0.1) is 0 Å². The van der Waals surface area contributed by atoms with Gasteiger partial charge in [0.05, 0.1) is 44.4 Å². The van der Waals surface area contributed by atoms with Gasteiger partial charge in [-0.2, -0.15) is 5.10 Å². The summed E-state index contributed by atoms with van der Waals surface area (Å²) < 4.78 is 38.7. The number of pyridine rings is 1. The number of aliphatic imine (C=N–C) groups is 1. The molecule has 2 aromatic heterocycles. The molecule has 222 valence electrons. The van der Waals surface area contributed by atoms with Crippen molar-refractivity contribution < 1.29 is 28.1 Å². The van der Waals surface area contributed by atoms with Gasteiger partial charge in [0, 0.05) is 36.4 Å². The first-order valence-electron chi connectivity index (χ1n) is 13.5. The average Bonchev–Trinajstić information content (AvgIpc) is 3.41. The summed E-state index contributed by atoms with van der Waals surface area (Å²) in [5.41, 5.74) is 0.893. The van der Waals surface area contributed by atoms with Crippen LogP contribution in [0.1, 0.15) is 50.0 Å². The van der Waals surface area contributed by atoms with Gasteiger partial charge in [-0.1, -0.05) is 19.4 Å². The van der Waals surface area contributed by atoms with Gasteiger partial charge in [0.25, 0.3) is 5.91 Å². The zero-order valence-corrected chi connectivity index (χ0v) is 24.7. The van der Waals surface area contributed by atoms with E-state index in [0.29, 0.717) is 60.2 Å². The molecule has 1 aromatic carbocycles. The highest BCUT2D eigenvalue weighted by Gasteiger charge is 2.23. The molecule has 0 atom stereocenters. The van der Waals surface area contributed by atoms with Crippen LogP contribution in [0.5, 0.6) is 23.0 Å². The molecule has 0 radical (unpaired) electrons. The second kappa shape index (κ2) is 14.5. The highest BCUT2D eigenvalue weighted by atomic mass is 35.5. The van der Waals surface area contributed by atoms with Crippen molar-refractivity contribution in [3.63, 3.8) is 0 Å². The van der Waals surface area contributed by atoms with Gasteiger partial charge in [0.1, 0.15) is 23.2 Å². The molecule has 3 heterocycles. The van der Waals surface area contributed by atoms with Crippen LogP contribution in [-0.2, 0) is 0 Å². The van der Waals surface area contributed by atoms with Crippen LogP contribution in [0.4, 0.5) is 4.39 Å². The van der Waals surface area contributed by atoms with Crippen LogP contribution >= 0.6 is 11.6 Å². The molecule has 42 heavy (non-hydrogen) atoms. The minimum Gasteiger partial charge on any atom is -0.493 e. The van der Waals surface area contributed by atoms with E-state index in [4.69, 9.17) is 30.5 Å². The number of amidine groups is 1. The number of allylic oxidation sites excluding steroid dienone is 5. The molecule has 3 aromatic rings. The molecule has 0 saturated heterocycles. The SMILES string of the molecule is CCC/C=C(\C(F)=C/CCl)n1cc(OCC)c(C(=O)NC2=NC=C(Oc3ccnc4cc(OC)c(OC)cc34)CC2)n1. The Morgan fingerprint density at radius 3 is 2.57 bits per heavy atom. The average molecular weight is 598 g/mol. The first kappa shape index (κ1) is 30.6. The second-order valence-electron chi connectivity index (χ2n) is 9.06. The number of alkyl halides is 1. The monoisotopic (exact) mass is 597 g/mol. The molecule has 10 nitrogen and oxygen atoms in total. The first-order valence-corrected chi connectivity index (χ1v) is 14.1. The predicted octanol–water partition coefficient (Wildman–Crippen LogP) is 6.42. The van der Waals surface area contributed by atoms with Crippen molar-refractivity contribution in [3.8, 4) is 23.0 Å². The summed E-state index contributed by atoms with van der Waals surface area (Å²) in [6.07, 6.45) is 9.98. The lowest BCUT2D eigenvalue weighted by Gasteiger charge is -2.17. The number of nitrogens with zero attached hydrogens (tertiary/aromatic N) is 4. The molecule has 1 N–H and O–H groups in total. The summed E-state index contributed by atoms with van der Waals surface area (Å²) in [5, 5.41) is 7.89. The van der Waals surface area contributed by atoms with Crippen molar-refractivity contribution in [3.05, 3.63) is 66.2 Å². The Bertz CT molecular complexity index is 1560. The standard InChI is InChI=1S/C30H33ClFN5O5/c1-5-7-8-23(21(32)11-13-31)37-18-27(41-6-2)29(36-37)30(38)35-28-10-9-19(17-34-28)42-24-12-14-33-22-16-26(40-4)25(39-3)15-20(22)24/h8,11-12,14-18H,5-7,9-10,13H2,1-4H3,(H,34,35,38)/b21-11+,23-8+. The van der Waals surface area contributed by atoms with Crippen molar-refractivity contribution in [2.24, 2.45) is 4.99 Å². The topological polar surface area (TPSA) is 109 Å². The molecule has 0 bridgehead atoms. The number of nitrogens with one attached hydrogen (secondary N) is 1. The Morgan fingerprint density at radius 1 is 1.12 bits per heavy atom.